The molecule has 1 aromatic carbocycles. The van der Waals surface area contributed by atoms with Crippen molar-refractivity contribution in [2.24, 2.45) is 0 Å². The van der Waals surface area contributed by atoms with E-state index in [-0.39, 0.29) is 11.7 Å². The number of hydrogen-bond donors (Lipinski definition) is 2. The van der Waals surface area contributed by atoms with Crippen molar-refractivity contribution >= 4 is 32.6 Å². The molecule has 5 nitrogen and oxygen atoms in total. The Morgan fingerprint density at radius 2 is 2.17 bits per heavy atom. The normalized spacial score (nSPS) is 11.7. The van der Waals surface area contributed by atoms with Crippen molar-refractivity contribution in [1.29, 1.82) is 0 Å². The number of rotatable bonds is 7. The number of anilines is 1. The summed E-state index contributed by atoms with van der Waals surface area (Å²) in [6.07, 6.45) is -3.30. The molecule has 9 heteroatoms. The molecule has 0 aliphatic carbocycles. The highest BCUT2D eigenvalue weighted by Crippen LogP contribution is 2.30. The van der Waals surface area contributed by atoms with Crippen LogP contribution in [0.2, 0.25) is 0 Å². The fourth-order valence-electron chi connectivity index (χ4n) is 1.82. The van der Waals surface area contributed by atoms with Crippen LogP contribution in [0.5, 0.6) is 5.75 Å². The van der Waals surface area contributed by atoms with Crippen molar-refractivity contribution in [3.63, 3.8) is 0 Å². The van der Waals surface area contributed by atoms with Crippen molar-refractivity contribution in [3.8, 4) is 5.75 Å². The van der Waals surface area contributed by atoms with Gasteiger partial charge in [0.05, 0.1) is 10.2 Å². The Kier molecular flexibility index (Phi) is 5.78. The average molecular weight is 347 g/mol. The minimum absolute atomic E-state index is 0.116. The zero-order valence-electron chi connectivity index (χ0n) is 12.4. The first-order valence-electron chi connectivity index (χ1n) is 6.92. The predicted molar refractivity (Wildman–Crippen MR) is 83.0 cm³/mol. The van der Waals surface area contributed by atoms with Gasteiger partial charge in [-0.15, -0.1) is 0 Å². The Morgan fingerprint density at radius 1 is 1.39 bits per heavy atom. The molecule has 0 spiro atoms. The molecule has 126 valence electrons. The monoisotopic (exact) mass is 347 g/mol. The van der Waals surface area contributed by atoms with Crippen molar-refractivity contribution in [2.75, 3.05) is 25.5 Å². The molecule has 0 radical (unpaired) electrons. The Balaban J connectivity index is 2.00. The van der Waals surface area contributed by atoms with Crippen LogP contribution in [0.25, 0.3) is 10.2 Å². The summed E-state index contributed by atoms with van der Waals surface area (Å²) in [5, 5.41) is 6.05. The maximum atomic E-state index is 12.1. The number of carbonyl (C=O) groups is 1. The molecule has 0 bridgehead atoms. The minimum atomic E-state index is -4.38. The molecule has 0 saturated heterocycles. The van der Waals surface area contributed by atoms with Crippen molar-refractivity contribution < 1.29 is 22.7 Å². The number of aromatic nitrogens is 1. The lowest BCUT2D eigenvalue weighted by atomic mass is 10.3. The lowest BCUT2D eigenvalue weighted by molar-refractivity contribution is -0.153. The highest BCUT2D eigenvalue weighted by Gasteiger charge is 2.28. The molecule has 2 rings (SSSR count). The number of carbonyl (C=O) groups excluding carboxylic acids is 1. The molecule has 0 aliphatic heterocycles. The Bertz CT molecular complexity index is 673. The van der Waals surface area contributed by atoms with E-state index in [1.807, 2.05) is 7.05 Å². The third kappa shape index (κ3) is 5.68. The Morgan fingerprint density at radius 3 is 2.87 bits per heavy atom. The summed E-state index contributed by atoms with van der Waals surface area (Å²) in [5.74, 6) is -0.0294. The highest BCUT2D eigenvalue weighted by molar-refractivity contribution is 7.22. The summed E-state index contributed by atoms with van der Waals surface area (Å²) in [6, 6.07) is 4.47. The molecule has 1 amide bonds. The summed E-state index contributed by atoms with van der Waals surface area (Å²) in [5.41, 5.74) is 0.597. The van der Waals surface area contributed by atoms with E-state index in [2.05, 4.69) is 15.6 Å². The van der Waals surface area contributed by atoms with Crippen LogP contribution in [0.4, 0.5) is 18.3 Å². The molecule has 0 fully saturated rings. The number of fused-ring (bicyclic) bond motifs is 1. The SMILES string of the molecule is CNCCCC(=O)Nc1nc2ccc(OCC(F)(F)F)cc2s1. The maximum Gasteiger partial charge on any atom is 0.422 e. The van der Waals surface area contributed by atoms with E-state index in [0.29, 0.717) is 28.2 Å². The number of nitrogens with one attached hydrogen (secondary N) is 2. The van der Waals surface area contributed by atoms with Gasteiger partial charge < -0.3 is 15.4 Å². The second kappa shape index (κ2) is 7.60. The van der Waals surface area contributed by atoms with Crippen LogP contribution in [0.15, 0.2) is 18.2 Å². The molecule has 2 aromatic rings. The van der Waals surface area contributed by atoms with Crippen LogP contribution >= 0.6 is 11.3 Å². The van der Waals surface area contributed by atoms with Crippen molar-refractivity contribution in [2.45, 2.75) is 19.0 Å². The van der Waals surface area contributed by atoms with Gasteiger partial charge in [0.2, 0.25) is 5.91 Å². The van der Waals surface area contributed by atoms with Gasteiger partial charge in [-0.1, -0.05) is 11.3 Å². The van der Waals surface area contributed by atoms with Crippen LogP contribution in [0, 0.1) is 0 Å². The van der Waals surface area contributed by atoms with Crippen LogP contribution in [0.3, 0.4) is 0 Å². The van der Waals surface area contributed by atoms with E-state index in [4.69, 9.17) is 4.74 Å². The molecule has 0 aliphatic rings. The van der Waals surface area contributed by atoms with E-state index in [1.165, 1.54) is 23.5 Å². The third-order valence-electron chi connectivity index (χ3n) is 2.84. The maximum absolute atomic E-state index is 12.1. The van der Waals surface area contributed by atoms with Gasteiger partial charge in [0.25, 0.3) is 0 Å². The molecule has 1 heterocycles. The largest absolute Gasteiger partial charge is 0.484 e. The lowest BCUT2D eigenvalue weighted by Gasteiger charge is -2.08. The van der Waals surface area contributed by atoms with E-state index >= 15 is 0 Å². The number of alkyl halides is 3. The number of ether oxygens (including phenoxy) is 1. The summed E-state index contributed by atoms with van der Waals surface area (Å²) in [4.78, 5) is 15.9. The number of amides is 1. The van der Waals surface area contributed by atoms with Gasteiger partial charge in [0.1, 0.15) is 5.75 Å². The molecule has 1 aromatic heterocycles. The van der Waals surface area contributed by atoms with Gasteiger partial charge in [-0.2, -0.15) is 13.2 Å². The molecule has 0 saturated carbocycles. The first-order chi connectivity index (χ1) is 10.9. The van der Waals surface area contributed by atoms with Gasteiger partial charge in [-0.25, -0.2) is 4.98 Å². The predicted octanol–water partition coefficient (Wildman–Crippen LogP) is 3.18. The van der Waals surface area contributed by atoms with Crippen LogP contribution in [-0.4, -0.2) is 37.3 Å². The molecular formula is C14H16F3N3O2S. The minimum Gasteiger partial charge on any atom is -0.484 e. The van der Waals surface area contributed by atoms with Crippen molar-refractivity contribution in [3.05, 3.63) is 18.2 Å². The fourth-order valence-corrected chi connectivity index (χ4v) is 2.73. The van der Waals surface area contributed by atoms with Crippen LogP contribution in [-0.2, 0) is 4.79 Å². The van der Waals surface area contributed by atoms with E-state index in [1.54, 1.807) is 6.07 Å². The number of thiazole rings is 1. The zero-order chi connectivity index (χ0) is 16.9. The summed E-state index contributed by atoms with van der Waals surface area (Å²) in [7, 11) is 1.81. The van der Waals surface area contributed by atoms with E-state index in [9.17, 15) is 18.0 Å². The number of benzene rings is 1. The zero-order valence-corrected chi connectivity index (χ0v) is 13.2. The first-order valence-corrected chi connectivity index (χ1v) is 7.73. The Hall–Kier alpha value is -1.87. The van der Waals surface area contributed by atoms with Crippen LogP contribution in [0.1, 0.15) is 12.8 Å². The summed E-state index contributed by atoms with van der Waals surface area (Å²) in [6.45, 7) is -0.598. The number of nitrogens with zero attached hydrogens (tertiary/aromatic N) is 1. The molecule has 2 N–H and O–H groups in total. The van der Waals surface area contributed by atoms with Gasteiger partial charge in [0, 0.05) is 6.42 Å². The summed E-state index contributed by atoms with van der Waals surface area (Å²) < 4.78 is 41.8. The first kappa shape index (κ1) is 17.5. The third-order valence-corrected chi connectivity index (χ3v) is 3.77. The van der Waals surface area contributed by atoms with E-state index < -0.39 is 12.8 Å². The Labute approximate surface area is 134 Å². The number of halogens is 3. The molecular weight excluding hydrogens is 331 g/mol. The molecule has 0 atom stereocenters. The molecule has 23 heavy (non-hydrogen) atoms. The quantitative estimate of drug-likeness (QED) is 0.755. The van der Waals surface area contributed by atoms with E-state index in [0.717, 1.165) is 6.54 Å². The van der Waals surface area contributed by atoms with Crippen molar-refractivity contribution in [1.82, 2.24) is 10.3 Å². The standard InChI is InChI=1S/C14H16F3N3O2S/c1-18-6-2-3-12(21)20-13-19-10-5-4-9(7-11(10)23-13)22-8-14(15,16)17/h4-5,7,18H,2-3,6,8H2,1H3,(H,19,20,21). The second-order valence-corrected chi connectivity index (χ2v) is 5.84. The van der Waals surface area contributed by atoms with Gasteiger partial charge in [0.15, 0.2) is 11.7 Å². The second-order valence-electron chi connectivity index (χ2n) is 4.81. The smallest absolute Gasteiger partial charge is 0.422 e. The van der Waals surface area contributed by atoms with Gasteiger partial charge in [-0.05, 0) is 38.2 Å². The fraction of sp³-hybridized carbons (Fsp3) is 0.429. The van der Waals surface area contributed by atoms with Gasteiger partial charge in [-0.3, -0.25) is 4.79 Å². The average Bonchev–Trinajstić information content (AvgIpc) is 2.86. The van der Waals surface area contributed by atoms with Crippen LogP contribution < -0.4 is 15.4 Å². The molecule has 0 unspecified atom stereocenters. The topological polar surface area (TPSA) is 63.2 Å². The number of hydrogen-bond acceptors (Lipinski definition) is 5. The highest BCUT2D eigenvalue weighted by atomic mass is 32.1. The van der Waals surface area contributed by atoms with Gasteiger partial charge >= 0.3 is 6.18 Å². The summed E-state index contributed by atoms with van der Waals surface area (Å²) >= 11 is 1.19. The lowest BCUT2D eigenvalue weighted by Crippen LogP contribution is -2.19.